The first kappa shape index (κ1) is 11.8. The maximum absolute atomic E-state index is 5.62. The average molecular weight is 236 g/mol. The predicted molar refractivity (Wildman–Crippen MR) is 70.5 cm³/mol. The quantitative estimate of drug-likeness (QED) is 0.481. The summed E-state index contributed by atoms with van der Waals surface area (Å²) < 4.78 is 0. The van der Waals surface area contributed by atoms with E-state index in [-0.39, 0.29) is 6.04 Å². The van der Waals surface area contributed by atoms with E-state index in [0.29, 0.717) is 0 Å². The molecule has 1 unspecified atom stereocenters. The summed E-state index contributed by atoms with van der Waals surface area (Å²) in [5.41, 5.74) is 5.74. The fourth-order valence-corrected chi connectivity index (χ4v) is 3.50. The largest absolute Gasteiger partial charge is 0.271 e. The Hall–Kier alpha value is -0.640. The van der Waals surface area contributed by atoms with E-state index < -0.39 is 0 Å². The van der Waals surface area contributed by atoms with Gasteiger partial charge in [-0.15, -0.1) is 11.3 Å². The molecule has 0 radical (unpaired) electrons. The summed E-state index contributed by atoms with van der Waals surface area (Å²) in [7, 11) is 0. The number of hydrogen-bond acceptors (Lipinski definition) is 3. The highest BCUT2D eigenvalue weighted by Gasteiger charge is 2.16. The first-order valence-electron chi connectivity index (χ1n) is 5.93. The average Bonchev–Trinajstić information content (AvgIpc) is 2.68. The molecule has 1 aliphatic carbocycles. The first-order chi connectivity index (χ1) is 7.70. The molecule has 2 nitrogen and oxygen atoms in total. The molecule has 16 heavy (non-hydrogen) atoms. The summed E-state index contributed by atoms with van der Waals surface area (Å²) in [6.07, 6.45) is 7.38. The molecule has 0 amide bonds. The Labute approximate surface area is 102 Å². The second-order valence-corrected chi connectivity index (χ2v) is 5.86. The number of nitrogens with one attached hydrogen (secondary N) is 1. The number of nitrogens with two attached hydrogens (primary N) is 1. The maximum Gasteiger partial charge on any atom is 0.0736 e. The zero-order valence-electron chi connectivity index (χ0n) is 10.0. The fraction of sp³-hybridized carbons (Fsp3) is 0.538. The van der Waals surface area contributed by atoms with Crippen LogP contribution in [-0.2, 0) is 12.8 Å². The number of hydrazine groups is 1. The summed E-state index contributed by atoms with van der Waals surface area (Å²) in [4.78, 5) is 2.93. The Balaban J connectivity index is 2.25. The summed E-state index contributed by atoms with van der Waals surface area (Å²) in [6, 6.07) is 2.52. The lowest BCUT2D eigenvalue weighted by molar-refractivity contribution is 0.660. The van der Waals surface area contributed by atoms with Gasteiger partial charge in [0.25, 0.3) is 0 Å². The van der Waals surface area contributed by atoms with E-state index in [1.165, 1.54) is 36.1 Å². The SMILES string of the molecule is CC(C)=CC(NN)c1cc2c(s1)CCCC2. The molecule has 1 aliphatic rings. The van der Waals surface area contributed by atoms with Crippen molar-refractivity contribution in [1.29, 1.82) is 0 Å². The van der Waals surface area contributed by atoms with Crippen molar-refractivity contribution < 1.29 is 0 Å². The third kappa shape index (κ3) is 2.54. The number of rotatable bonds is 3. The van der Waals surface area contributed by atoms with Crippen LogP contribution >= 0.6 is 11.3 Å². The van der Waals surface area contributed by atoms with Crippen LogP contribution in [0.15, 0.2) is 17.7 Å². The second kappa shape index (κ2) is 5.13. The first-order valence-corrected chi connectivity index (χ1v) is 6.75. The molecule has 88 valence electrons. The normalized spacial score (nSPS) is 16.7. The van der Waals surface area contributed by atoms with Gasteiger partial charge in [-0.25, -0.2) is 5.43 Å². The van der Waals surface area contributed by atoms with Gasteiger partial charge in [-0.1, -0.05) is 11.6 Å². The summed E-state index contributed by atoms with van der Waals surface area (Å²) in [5, 5.41) is 0. The van der Waals surface area contributed by atoms with Crippen molar-refractivity contribution in [2.75, 3.05) is 0 Å². The van der Waals surface area contributed by atoms with Crippen LogP contribution in [0.3, 0.4) is 0 Å². The van der Waals surface area contributed by atoms with Crippen LogP contribution in [0, 0.1) is 0 Å². The molecule has 2 rings (SSSR count). The zero-order valence-corrected chi connectivity index (χ0v) is 10.9. The number of thiophene rings is 1. The Morgan fingerprint density at radius 1 is 1.44 bits per heavy atom. The lowest BCUT2D eigenvalue weighted by Gasteiger charge is -2.09. The molecule has 1 atom stereocenters. The van der Waals surface area contributed by atoms with Crippen LogP contribution in [0.1, 0.15) is 48.0 Å². The van der Waals surface area contributed by atoms with Gasteiger partial charge < -0.3 is 0 Å². The standard InChI is InChI=1S/C13H20N2S/c1-9(2)7-11(15-14)13-8-10-5-3-4-6-12(10)16-13/h7-8,11,15H,3-6,14H2,1-2H3. The molecule has 0 saturated carbocycles. The van der Waals surface area contributed by atoms with E-state index in [2.05, 4.69) is 31.4 Å². The second-order valence-electron chi connectivity index (χ2n) is 4.69. The lowest BCUT2D eigenvalue weighted by Crippen LogP contribution is -2.26. The molecular weight excluding hydrogens is 216 g/mol. The minimum atomic E-state index is 0.181. The maximum atomic E-state index is 5.62. The monoisotopic (exact) mass is 236 g/mol. The highest BCUT2D eigenvalue weighted by molar-refractivity contribution is 7.12. The van der Waals surface area contributed by atoms with Crippen LogP contribution in [-0.4, -0.2) is 0 Å². The van der Waals surface area contributed by atoms with Gasteiger partial charge in [0.15, 0.2) is 0 Å². The van der Waals surface area contributed by atoms with Crippen molar-refractivity contribution in [2.45, 2.75) is 45.6 Å². The third-order valence-corrected chi connectivity index (χ3v) is 4.32. The molecule has 0 saturated heterocycles. The molecule has 0 aliphatic heterocycles. The predicted octanol–water partition coefficient (Wildman–Crippen LogP) is 3.10. The number of hydrogen-bond donors (Lipinski definition) is 2. The van der Waals surface area contributed by atoms with Gasteiger partial charge >= 0.3 is 0 Å². The Kier molecular flexibility index (Phi) is 3.79. The van der Waals surface area contributed by atoms with Gasteiger partial charge in [0.2, 0.25) is 0 Å². The topological polar surface area (TPSA) is 38.0 Å². The van der Waals surface area contributed by atoms with E-state index in [0.717, 1.165) is 0 Å². The van der Waals surface area contributed by atoms with E-state index in [1.807, 2.05) is 11.3 Å². The zero-order chi connectivity index (χ0) is 11.5. The van der Waals surface area contributed by atoms with Crippen molar-refractivity contribution >= 4 is 11.3 Å². The molecule has 3 heteroatoms. The molecule has 0 fully saturated rings. The summed E-state index contributed by atoms with van der Waals surface area (Å²) >= 11 is 1.92. The van der Waals surface area contributed by atoms with Gasteiger partial charge in [-0.2, -0.15) is 0 Å². The van der Waals surface area contributed by atoms with Gasteiger partial charge in [0, 0.05) is 9.75 Å². The molecular formula is C13H20N2S. The minimum Gasteiger partial charge on any atom is -0.271 e. The van der Waals surface area contributed by atoms with E-state index in [9.17, 15) is 0 Å². The highest BCUT2D eigenvalue weighted by atomic mass is 32.1. The molecule has 3 N–H and O–H groups in total. The van der Waals surface area contributed by atoms with Crippen LogP contribution in [0.2, 0.25) is 0 Å². The van der Waals surface area contributed by atoms with Crippen molar-refractivity contribution in [3.63, 3.8) is 0 Å². The van der Waals surface area contributed by atoms with Crippen molar-refractivity contribution in [2.24, 2.45) is 5.84 Å². The summed E-state index contributed by atoms with van der Waals surface area (Å²) in [5.74, 6) is 5.62. The van der Waals surface area contributed by atoms with Crippen molar-refractivity contribution in [3.8, 4) is 0 Å². The molecule has 1 aromatic heterocycles. The number of aryl methyl sites for hydroxylation is 2. The van der Waals surface area contributed by atoms with Crippen LogP contribution in [0.5, 0.6) is 0 Å². The number of allylic oxidation sites excluding steroid dienone is 1. The molecule has 1 aromatic rings. The van der Waals surface area contributed by atoms with Crippen LogP contribution < -0.4 is 11.3 Å². The Bertz CT molecular complexity index is 365. The highest BCUT2D eigenvalue weighted by Crippen LogP contribution is 2.33. The molecule has 0 aromatic carbocycles. The van der Waals surface area contributed by atoms with Gasteiger partial charge in [0.05, 0.1) is 6.04 Å². The fourth-order valence-electron chi connectivity index (χ4n) is 2.21. The van der Waals surface area contributed by atoms with Gasteiger partial charge in [-0.3, -0.25) is 5.84 Å². The molecule has 1 heterocycles. The summed E-state index contributed by atoms with van der Waals surface area (Å²) in [6.45, 7) is 4.22. The van der Waals surface area contributed by atoms with E-state index >= 15 is 0 Å². The van der Waals surface area contributed by atoms with Crippen LogP contribution in [0.25, 0.3) is 0 Å². The molecule has 0 bridgehead atoms. The van der Waals surface area contributed by atoms with Crippen molar-refractivity contribution in [1.82, 2.24) is 5.43 Å². The third-order valence-electron chi connectivity index (χ3n) is 3.00. The lowest BCUT2D eigenvalue weighted by atomic mass is 9.99. The van der Waals surface area contributed by atoms with E-state index in [1.54, 1.807) is 10.4 Å². The van der Waals surface area contributed by atoms with E-state index in [4.69, 9.17) is 5.84 Å². The Morgan fingerprint density at radius 2 is 2.19 bits per heavy atom. The Morgan fingerprint density at radius 3 is 2.81 bits per heavy atom. The van der Waals surface area contributed by atoms with Crippen LogP contribution in [0.4, 0.5) is 0 Å². The molecule has 0 spiro atoms. The van der Waals surface area contributed by atoms with Gasteiger partial charge in [-0.05, 0) is 51.2 Å². The number of fused-ring (bicyclic) bond motifs is 1. The minimum absolute atomic E-state index is 0.181. The van der Waals surface area contributed by atoms with Gasteiger partial charge in [0.1, 0.15) is 0 Å². The van der Waals surface area contributed by atoms with Crippen molar-refractivity contribution in [3.05, 3.63) is 33.0 Å². The smallest absolute Gasteiger partial charge is 0.0736 e.